The van der Waals surface area contributed by atoms with Gasteiger partial charge in [0.05, 0.1) is 6.54 Å². The highest BCUT2D eigenvalue weighted by molar-refractivity contribution is 5.81. The Bertz CT molecular complexity index is 691. The van der Waals surface area contributed by atoms with Gasteiger partial charge in [-0.1, -0.05) is 6.92 Å². The molecule has 1 amide bonds. The van der Waals surface area contributed by atoms with Crippen LogP contribution in [0, 0.1) is 11.3 Å². The fraction of sp³-hybridized carbons (Fsp3) is 0.778. The number of aromatic nitrogens is 2. The number of piperidine rings is 1. The third-order valence-electron chi connectivity index (χ3n) is 6.10. The van der Waals surface area contributed by atoms with Crippen LogP contribution in [0.15, 0.2) is 4.42 Å². The molecular weight excluding hydrogens is 336 g/mol. The van der Waals surface area contributed by atoms with Crippen molar-refractivity contribution >= 4 is 11.9 Å². The Balaban J connectivity index is 1.42. The quantitative estimate of drug-likeness (QED) is 0.843. The van der Waals surface area contributed by atoms with Crippen LogP contribution in [0.5, 0.6) is 0 Å². The van der Waals surface area contributed by atoms with Crippen LogP contribution in [0.3, 0.4) is 0 Å². The fourth-order valence-electron chi connectivity index (χ4n) is 4.38. The molecule has 2 aliphatic heterocycles. The Morgan fingerprint density at radius 3 is 2.50 bits per heavy atom. The second-order valence-corrected chi connectivity index (χ2v) is 8.01. The minimum absolute atomic E-state index is 0.0308. The van der Waals surface area contributed by atoms with E-state index >= 15 is 0 Å². The zero-order chi connectivity index (χ0) is 18.3. The van der Waals surface area contributed by atoms with Crippen molar-refractivity contribution in [2.45, 2.75) is 58.0 Å². The van der Waals surface area contributed by atoms with Gasteiger partial charge in [0.2, 0.25) is 17.7 Å². The molecule has 4 rings (SSSR count). The molecule has 0 aromatic carbocycles. The number of hydrogen-bond acceptors (Lipinski definition) is 6. The van der Waals surface area contributed by atoms with Crippen molar-refractivity contribution < 1.29 is 19.1 Å². The predicted molar refractivity (Wildman–Crippen MR) is 91.1 cm³/mol. The van der Waals surface area contributed by atoms with Gasteiger partial charge in [-0.05, 0) is 37.5 Å². The third-order valence-corrected chi connectivity index (χ3v) is 6.10. The molecule has 8 heteroatoms. The van der Waals surface area contributed by atoms with E-state index in [4.69, 9.17) is 4.42 Å². The Labute approximate surface area is 152 Å². The van der Waals surface area contributed by atoms with Crippen LogP contribution < -0.4 is 0 Å². The van der Waals surface area contributed by atoms with Gasteiger partial charge in [0.25, 0.3) is 0 Å². The van der Waals surface area contributed by atoms with Crippen molar-refractivity contribution in [3.63, 3.8) is 0 Å². The number of carboxylic acid groups (broad SMARTS) is 1. The van der Waals surface area contributed by atoms with Gasteiger partial charge in [0.1, 0.15) is 6.04 Å². The maximum atomic E-state index is 12.3. The molecule has 1 aromatic rings. The van der Waals surface area contributed by atoms with Crippen molar-refractivity contribution in [3.05, 3.63) is 11.8 Å². The molecule has 142 valence electrons. The van der Waals surface area contributed by atoms with Gasteiger partial charge < -0.3 is 14.4 Å². The number of nitrogens with zero attached hydrogens (tertiary/aromatic N) is 4. The van der Waals surface area contributed by atoms with Crippen LogP contribution in [-0.2, 0) is 22.6 Å². The molecule has 2 saturated heterocycles. The lowest BCUT2D eigenvalue weighted by molar-refractivity contribution is -0.142. The summed E-state index contributed by atoms with van der Waals surface area (Å²) in [5, 5.41) is 17.7. The first kappa shape index (κ1) is 17.5. The highest BCUT2D eigenvalue weighted by Crippen LogP contribution is 2.44. The topological polar surface area (TPSA) is 99.8 Å². The standard InChI is InChI=1S/C18H26N4O4/c1-2-14-19-20-15(26-14)10-22-11-18(9-13(22)17(24)25)5-7-21(8-6-18)16(23)12-3-4-12/h12-13H,2-11H2,1H3,(H,24,25)/t13-/m1/s1. The van der Waals surface area contributed by atoms with Crippen LogP contribution in [0.4, 0.5) is 0 Å². The first-order valence-electron chi connectivity index (χ1n) is 9.56. The van der Waals surface area contributed by atoms with Crippen molar-refractivity contribution in [1.82, 2.24) is 20.0 Å². The van der Waals surface area contributed by atoms with Crippen LogP contribution in [0.1, 0.15) is 50.8 Å². The summed E-state index contributed by atoms with van der Waals surface area (Å²) in [7, 11) is 0. The first-order valence-corrected chi connectivity index (χ1v) is 9.56. The number of aliphatic carboxylic acids is 1. The molecule has 3 heterocycles. The summed E-state index contributed by atoms with van der Waals surface area (Å²) >= 11 is 0. The zero-order valence-corrected chi connectivity index (χ0v) is 15.2. The normalized spacial score (nSPS) is 25.7. The summed E-state index contributed by atoms with van der Waals surface area (Å²) in [5.74, 6) is 0.802. The van der Waals surface area contributed by atoms with E-state index in [-0.39, 0.29) is 11.3 Å². The summed E-state index contributed by atoms with van der Waals surface area (Å²) < 4.78 is 5.57. The molecule has 1 spiro atoms. The largest absolute Gasteiger partial charge is 0.480 e. The molecule has 1 aromatic heterocycles. The third kappa shape index (κ3) is 3.34. The summed E-state index contributed by atoms with van der Waals surface area (Å²) in [5.41, 5.74) is -0.0308. The van der Waals surface area contributed by atoms with E-state index in [1.54, 1.807) is 0 Å². The summed E-state index contributed by atoms with van der Waals surface area (Å²) in [6, 6.07) is -0.530. The van der Waals surface area contributed by atoms with Crippen molar-refractivity contribution in [2.75, 3.05) is 19.6 Å². The molecule has 0 radical (unpaired) electrons. The molecule has 1 N–H and O–H groups in total. The van der Waals surface area contributed by atoms with Crippen LogP contribution in [0.25, 0.3) is 0 Å². The van der Waals surface area contributed by atoms with E-state index in [1.165, 1.54) is 0 Å². The van der Waals surface area contributed by atoms with Gasteiger partial charge in [0.15, 0.2) is 0 Å². The first-order chi connectivity index (χ1) is 12.5. The Kier molecular flexibility index (Phi) is 4.46. The molecule has 0 bridgehead atoms. The predicted octanol–water partition coefficient (Wildman–Crippen LogP) is 1.31. The number of aryl methyl sites for hydroxylation is 1. The lowest BCUT2D eigenvalue weighted by Crippen LogP contribution is -2.44. The highest BCUT2D eigenvalue weighted by atomic mass is 16.4. The lowest BCUT2D eigenvalue weighted by Gasteiger charge is -2.39. The molecule has 1 atom stereocenters. The van der Waals surface area contributed by atoms with Crippen molar-refractivity contribution in [3.8, 4) is 0 Å². The molecule has 3 aliphatic rings. The minimum atomic E-state index is -0.798. The SMILES string of the molecule is CCc1nnc(CN2CC3(CCN(C(=O)C4CC4)CC3)C[C@@H]2C(=O)O)o1. The number of hydrogen-bond donors (Lipinski definition) is 1. The average Bonchev–Trinajstić information content (AvgIpc) is 3.29. The fourth-order valence-corrected chi connectivity index (χ4v) is 4.38. The van der Waals surface area contributed by atoms with Gasteiger partial charge in [-0.2, -0.15) is 0 Å². The average molecular weight is 362 g/mol. The van der Waals surface area contributed by atoms with Gasteiger partial charge in [-0.3, -0.25) is 14.5 Å². The monoisotopic (exact) mass is 362 g/mol. The number of carbonyl (C=O) groups excluding carboxylic acids is 1. The van der Waals surface area contributed by atoms with Crippen molar-refractivity contribution in [2.24, 2.45) is 11.3 Å². The maximum Gasteiger partial charge on any atom is 0.320 e. The van der Waals surface area contributed by atoms with Gasteiger partial charge >= 0.3 is 5.97 Å². The molecule has 3 fully saturated rings. The van der Waals surface area contributed by atoms with Gasteiger partial charge in [-0.15, -0.1) is 10.2 Å². The summed E-state index contributed by atoms with van der Waals surface area (Å²) in [6.07, 6.45) is 5.09. The Hall–Kier alpha value is -1.96. The number of rotatable bonds is 5. The number of likely N-dealkylation sites (tertiary alicyclic amines) is 2. The van der Waals surface area contributed by atoms with E-state index in [0.29, 0.717) is 43.6 Å². The zero-order valence-electron chi connectivity index (χ0n) is 15.2. The summed E-state index contributed by atoms with van der Waals surface area (Å²) in [6.45, 7) is 4.51. The Morgan fingerprint density at radius 1 is 1.23 bits per heavy atom. The Morgan fingerprint density at radius 2 is 1.92 bits per heavy atom. The van der Waals surface area contributed by atoms with Crippen molar-refractivity contribution in [1.29, 1.82) is 0 Å². The van der Waals surface area contributed by atoms with Gasteiger partial charge in [-0.25, -0.2) is 0 Å². The van der Waals surface area contributed by atoms with Crippen LogP contribution in [-0.4, -0.2) is 62.7 Å². The van der Waals surface area contributed by atoms with E-state index < -0.39 is 12.0 Å². The van der Waals surface area contributed by atoms with Crippen LogP contribution in [0.2, 0.25) is 0 Å². The summed E-state index contributed by atoms with van der Waals surface area (Å²) in [4.78, 5) is 28.0. The van der Waals surface area contributed by atoms with E-state index in [0.717, 1.165) is 38.8 Å². The van der Waals surface area contributed by atoms with E-state index in [2.05, 4.69) is 10.2 Å². The van der Waals surface area contributed by atoms with Gasteiger partial charge in [0, 0.05) is 32.0 Å². The molecule has 0 unspecified atom stereocenters. The second kappa shape index (κ2) is 6.64. The smallest absolute Gasteiger partial charge is 0.320 e. The molecular formula is C18H26N4O4. The maximum absolute atomic E-state index is 12.3. The molecule has 1 saturated carbocycles. The van der Waals surface area contributed by atoms with Crippen LogP contribution >= 0.6 is 0 Å². The number of carboxylic acids is 1. The molecule has 1 aliphatic carbocycles. The number of carbonyl (C=O) groups is 2. The minimum Gasteiger partial charge on any atom is -0.480 e. The van der Waals surface area contributed by atoms with E-state index in [1.807, 2.05) is 16.7 Å². The second-order valence-electron chi connectivity index (χ2n) is 8.01. The molecule has 8 nitrogen and oxygen atoms in total. The van der Waals surface area contributed by atoms with E-state index in [9.17, 15) is 14.7 Å². The molecule has 26 heavy (non-hydrogen) atoms. The highest BCUT2D eigenvalue weighted by Gasteiger charge is 2.49. The lowest BCUT2D eigenvalue weighted by atomic mass is 9.76. The number of amides is 1.